The zero-order valence-electron chi connectivity index (χ0n) is 15.3. The Morgan fingerprint density at radius 1 is 1.33 bits per heavy atom. The van der Waals surface area contributed by atoms with Gasteiger partial charge in [0.15, 0.2) is 0 Å². The Balaban J connectivity index is 1.80. The molecule has 134 valence electrons. The highest BCUT2D eigenvalue weighted by Crippen LogP contribution is 2.24. The topological polar surface area (TPSA) is 78.7 Å². The summed E-state index contributed by atoms with van der Waals surface area (Å²) in [6.45, 7) is 7.91. The van der Waals surface area contributed by atoms with Crippen LogP contribution in [0.5, 0.6) is 0 Å². The summed E-state index contributed by atoms with van der Waals surface area (Å²) in [7, 11) is 3.57. The van der Waals surface area contributed by atoms with Crippen LogP contribution < -0.4 is 5.32 Å². The minimum absolute atomic E-state index is 0.0722. The average Bonchev–Trinajstić information content (AvgIpc) is 2.95. The van der Waals surface area contributed by atoms with Gasteiger partial charge in [-0.15, -0.1) is 0 Å². The summed E-state index contributed by atoms with van der Waals surface area (Å²) < 4.78 is 5.18. The van der Waals surface area contributed by atoms with Gasteiger partial charge in [-0.25, -0.2) is 0 Å². The molecule has 0 bridgehead atoms. The molecule has 2 rings (SSSR count). The van der Waals surface area contributed by atoms with Gasteiger partial charge in [0.05, 0.1) is 12.2 Å². The highest BCUT2D eigenvalue weighted by molar-refractivity contribution is 5.91. The quantitative estimate of drug-likeness (QED) is 0.905. The number of likely N-dealkylation sites (tertiary alicyclic amines) is 1. The van der Waals surface area contributed by atoms with E-state index in [1.807, 2.05) is 20.8 Å². The maximum atomic E-state index is 12.1. The van der Waals surface area contributed by atoms with Crippen LogP contribution in [-0.2, 0) is 15.0 Å². The molecule has 0 atom stereocenters. The maximum Gasteiger partial charge on any atom is 0.240 e. The molecule has 7 nitrogen and oxygen atoms in total. The lowest BCUT2D eigenvalue weighted by Gasteiger charge is -2.31. The predicted molar refractivity (Wildman–Crippen MR) is 91.7 cm³/mol. The number of hydrogen-bond donors (Lipinski definition) is 1. The molecule has 0 radical (unpaired) electrons. The Bertz CT molecular complexity index is 581. The largest absolute Gasteiger partial charge is 0.349 e. The summed E-state index contributed by atoms with van der Waals surface area (Å²) >= 11 is 0. The van der Waals surface area contributed by atoms with Crippen molar-refractivity contribution in [2.75, 3.05) is 39.0 Å². The van der Waals surface area contributed by atoms with Gasteiger partial charge in [-0.2, -0.15) is 0 Å². The molecule has 2 amide bonds. The highest BCUT2D eigenvalue weighted by atomic mass is 16.5. The fraction of sp³-hybridized carbons (Fsp3) is 0.706. The zero-order valence-corrected chi connectivity index (χ0v) is 15.3. The smallest absolute Gasteiger partial charge is 0.240 e. The molecule has 1 saturated heterocycles. The van der Waals surface area contributed by atoms with Crippen LogP contribution in [0, 0.1) is 5.92 Å². The molecule has 1 fully saturated rings. The Morgan fingerprint density at radius 3 is 2.46 bits per heavy atom. The number of nitrogens with one attached hydrogen (secondary N) is 1. The fourth-order valence-electron chi connectivity index (χ4n) is 2.77. The van der Waals surface area contributed by atoms with Crippen LogP contribution in [0.2, 0.25) is 0 Å². The molecule has 1 aliphatic rings. The van der Waals surface area contributed by atoms with Crippen molar-refractivity contribution in [2.24, 2.45) is 5.92 Å². The van der Waals surface area contributed by atoms with Crippen molar-refractivity contribution in [1.82, 2.24) is 15.0 Å². The molecular weight excluding hydrogens is 308 g/mol. The van der Waals surface area contributed by atoms with Crippen LogP contribution in [0.25, 0.3) is 0 Å². The van der Waals surface area contributed by atoms with Crippen LogP contribution >= 0.6 is 0 Å². The number of aromatic nitrogens is 1. The number of piperidine rings is 1. The molecular formula is C17H28N4O3. The van der Waals surface area contributed by atoms with E-state index in [1.165, 1.54) is 0 Å². The minimum Gasteiger partial charge on any atom is -0.349 e. The molecule has 0 aromatic carbocycles. The maximum absolute atomic E-state index is 12.1. The van der Waals surface area contributed by atoms with Gasteiger partial charge in [0.1, 0.15) is 0 Å². The highest BCUT2D eigenvalue weighted by Gasteiger charge is 2.27. The van der Waals surface area contributed by atoms with Gasteiger partial charge in [-0.1, -0.05) is 25.9 Å². The number of carbonyl (C=O) groups is 2. The number of hydrogen-bond acceptors (Lipinski definition) is 5. The Morgan fingerprint density at radius 2 is 1.96 bits per heavy atom. The molecule has 0 unspecified atom stereocenters. The lowest BCUT2D eigenvalue weighted by molar-refractivity contribution is -0.134. The van der Waals surface area contributed by atoms with Gasteiger partial charge >= 0.3 is 0 Å². The van der Waals surface area contributed by atoms with E-state index < -0.39 is 0 Å². The second-order valence-corrected chi connectivity index (χ2v) is 7.66. The van der Waals surface area contributed by atoms with Crippen molar-refractivity contribution in [2.45, 2.75) is 39.0 Å². The van der Waals surface area contributed by atoms with Crippen molar-refractivity contribution in [1.29, 1.82) is 0 Å². The third-order valence-corrected chi connectivity index (χ3v) is 4.29. The standard InChI is InChI=1S/C17H28N4O3/c1-17(2,3)13-10-15(24-19-13)18-14(22)11-21-8-6-12(7-9-21)16(23)20(4)5/h10,12H,6-9,11H2,1-5H3,(H,18,22). The monoisotopic (exact) mass is 336 g/mol. The number of carbonyl (C=O) groups excluding carboxylic acids is 2. The minimum atomic E-state index is -0.121. The third-order valence-electron chi connectivity index (χ3n) is 4.29. The molecule has 0 saturated carbocycles. The number of rotatable bonds is 4. The second kappa shape index (κ2) is 7.34. The first-order valence-corrected chi connectivity index (χ1v) is 8.37. The van der Waals surface area contributed by atoms with E-state index in [4.69, 9.17) is 4.52 Å². The molecule has 0 spiro atoms. The van der Waals surface area contributed by atoms with Gasteiger partial charge in [-0.05, 0) is 25.9 Å². The summed E-state index contributed by atoms with van der Waals surface area (Å²) in [5, 5.41) is 6.74. The van der Waals surface area contributed by atoms with Gasteiger partial charge in [0.25, 0.3) is 0 Å². The van der Waals surface area contributed by atoms with Crippen LogP contribution in [-0.4, -0.2) is 60.5 Å². The van der Waals surface area contributed by atoms with Crippen LogP contribution in [0.15, 0.2) is 10.6 Å². The first kappa shape index (κ1) is 18.4. The van der Waals surface area contributed by atoms with Crippen LogP contribution in [0.4, 0.5) is 5.88 Å². The van der Waals surface area contributed by atoms with E-state index in [0.717, 1.165) is 31.6 Å². The van der Waals surface area contributed by atoms with Gasteiger partial charge in [0, 0.05) is 31.5 Å². The molecule has 0 aliphatic carbocycles. The van der Waals surface area contributed by atoms with E-state index in [2.05, 4.69) is 15.4 Å². The SMILES string of the molecule is CN(C)C(=O)C1CCN(CC(=O)Nc2cc(C(C)(C)C)no2)CC1. The molecule has 2 heterocycles. The Hall–Kier alpha value is -1.89. The summed E-state index contributed by atoms with van der Waals surface area (Å²) in [4.78, 5) is 27.8. The van der Waals surface area contributed by atoms with Gasteiger partial charge in [-0.3, -0.25) is 19.8 Å². The van der Waals surface area contributed by atoms with Gasteiger partial charge in [0.2, 0.25) is 17.7 Å². The normalized spacial score (nSPS) is 16.9. The molecule has 7 heteroatoms. The summed E-state index contributed by atoms with van der Waals surface area (Å²) in [5.74, 6) is 0.505. The third kappa shape index (κ3) is 4.80. The lowest BCUT2D eigenvalue weighted by atomic mass is 9.92. The lowest BCUT2D eigenvalue weighted by Crippen LogP contribution is -2.42. The zero-order chi connectivity index (χ0) is 17.9. The van der Waals surface area contributed by atoms with E-state index in [1.54, 1.807) is 25.1 Å². The van der Waals surface area contributed by atoms with Crippen molar-refractivity contribution < 1.29 is 14.1 Å². The van der Waals surface area contributed by atoms with Crippen LogP contribution in [0.1, 0.15) is 39.3 Å². The molecule has 1 N–H and O–H groups in total. The van der Waals surface area contributed by atoms with E-state index >= 15 is 0 Å². The van der Waals surface area contributed by atoms with E-state index in [-0.39, 0.29) is 23.1 Å². The molecule has 1 aromatic heterocycles. The predicted octanol–water partition coefficient (Wildman–Crippen LogP) is 1.71. The Kier molecular flexibility index (Phi) is 5.64. The van der Waals surface area contributed by atoms with E-state index in [9.17, 15) is 9.59 Å². The van der Waals surface area contributed by atoms with Crippen molar-refractivity contribution in [3.05, 3.63) is 11.8 Å². The second-order valence-electron chi connectivity index (χ2n) is 7.66. The first-order chi connectivity index (χ1) is 11.2. The van der Waals surface area contributed by atoms with Crippen LogP contribution in [0.3, 0.4) is 0 Å². The van der Waals surface area contributed by atoms with Crippen molar-refractivity contribution in [3.8, 4) is 0 Å². The molecule has 24 heavy (non-hydrogen) atoms. The van der Waals surface area contributed by atoms with Crippen molar-refractivity contribution >= 4 is 17.7 Å². The molecule has 1 aliphatic heterocycles. The summed E-state index contributed by atoms with van der Waals surface area (Å²) in [6.07, 6.45) is 1.58. The number of nitrogens with zero attached hydrogens (tertiary/aromatic N) is 3. The average molecular weight is 336 g/mol. The molecule has 1 aromatic rings. The number of amides is 2. The van der Waals surface area contributed by atoms with E-state index in [0.29, 0.717) is 12.4 Å². The first-order valence-electron chi connectivity index (χ1n) is 8.37. The number of anilines is 1. The Labute approximate surface area is 143 Å². The summed E-state index contributed by atoms with van der Waals surface area (Å²) in [5.41, 5.74) is 0.689. The summed E-state index contributed by atoms with van der Waals surface area (Å²) in [6, 6.07) is 1.76. The fourth-order valence-corrected chi connectivity index (χ4v) is 2.77. The van der Waals surface area contributed by atoms with Crippen molar-refractivity contribution in [3.63, 3.8) is 0 Å². The van der Waals surface area contributed by atoms with Gasteiger partial charge < -0.3 is 9.42 Å².